The van der Waals surface area contributed by atoms with Crippen LogP contribution < -0.4 is 0 Å². The van der Waals surface area contributed by atoms with Crippen molar-refractivity contribution >= 4 is 0 Å². The van der Waals surface area contributed by atoms with Crippen LogP contribution in [0.5, 0.6) is 0 Å². The molecule has 0 fully saturated rings. The van der Waals surface area contributed by atoms with Gasteiger partial charge in [0.15, 0.2) is 0 Å². The molecule has 9 N–H and O–H groups in total. The number of hydrogen-bond donors (Lipinski definition) is 1. The largest absolute Gasteiger partial charge is 0.693 e. The predicted molar refractivity (Wildman–Crippen MR) is 29.9 cm³/mol. The molecule has 0 spiro atoms. The van der Waals surface area contributed by atoms with Crippen molar-refractivity contribution in [3.05, 3.63) is 34.7 Å². The molecule has 66 valence electrons. The molecule has 0 unspecified atom stereocenters. The Bertz CT molecular complexity index is 35.2. The van der Waals surface area contributed by atoms with E-state index in [0.29, 0.717) is 0 Å². The van der Waals surface area contributed by atoms with Crippen molar-refractivity contribution in [1.29, 1.82) is 0 Å². The van der Waals surface area contributed by atoms with E-state index in [1.54, 1.807) is 0 Å². The van der Waals surface area contributed by atoms with Crippen molar-refractivity contribution in [3.8, 4) is 0 Å². The minimum absolute atomic E-state index is 0. The van der Waals surface area contributed by atoms with Crippen molar-refractivity contribution in [2.24, 2.45) is 0 Å². The summed E-state index contributed by atoms with van der Waals surface area (Å²) in [7, 11) is 0. The maximum atomic E-state index is 8.36. The standard InChI is InChI=1S/HNO3.4H2N.Pd/c2-1(3)4;;;;;/h(H,2,3,4);4*1H2;/q;4*-1;. The Hall–Kier alpha value is -0.298. The van der Waals surface area contributed by atoms with Crippen molar-refractivity contribution in [2.75, 3.05) is 0 Å². The average molecular weight is 234 g/mol. The van der Waals surface area contributed by atoms with Gasteiger partial charge in [-0.3, -0.25) is 0 Å². The molecular weight excluding hydrogens is 224 g/mol. The summed E-state index contributed by atoms with van der Waals surface area (Å²) in [6, 6.07) is 0. The molecule has 9 heteroatoms. The first-order valence-electron chi connectivity index (χ1n) is 0.565. The van der Waals surface area contributed by atoms with Gasteiger partial charge in [-0.25, -0.2) is 0 Å². The van der Waals surface area contributed by atoms with Gasteiger partial charge in [-0.1, -0.05) is 0 Å². The van der Waals surface area contributed by atoms with Gasteiger partial charge >= 0.3 is 0 Å². The number of hydrogen-bond acceptors (Lipinski definition) is 2. The van der Waals surface area contributed by atoms with E-state index in [1.165, 1.54) is 0 Å². The van der Waals surface area contributed by atoms with Crippen LogP contribution in [0.4, 0.5) is 0 Å². The molecule has 0 bridgehead atoms. The van der Waals surface area contributed by atoms with E-state index in [-0.39, 0.29) is 45.0 Å². The summed E-state index contributed by atoms with van der Waals surface area (Å²) >= 11 is 0. The molecule has 0 saturated carbocycles. The van der Waals surface area contributed by atoms with E-state index in [4.69, 9.17) is 15.3 Å². The second-order valence-electron chi connectivity index (χ2n) is 0.238. The van der Waals surface area contributed by atoms with Crippen LogP contribution >= 0.6 is 0 Å². The number of nitrogens with zero attached hydrogens (tertiary/aromatic N) is 1. The average Bonchev–Trinajstić information content (AvgIpc) is 0.811. The maximum Gasteiger partial charge on any atom is 0.291 e. The molecule has 0 atom stereocenters. The Morgan fingerprint density at radius 1 is 1.11 bits per heavy atom. The van der Waals surface area contributed by atoms with Gasteiger partial charge in [0.1, 0.15) is 0 Å². The molecule has 0 aliphatic carbocycles. The molecule has 0 heterocycles. The van der Waals surface area contributed by atoms with Crippen LogP contribution in [0.1, 0.15) is 0 Å². The molecule has 0 aromatic heterocycles. The molecule has 0 aromatic carbocycles. The summed E-state index contributed by atoms with van der Waals surface area (Å²) in [4.78, 5) is 8.36. The number of rotatable bonds is 0. The molecule has 0 aliphatic heterocycles. The van der Waals surface area contributed by atoms with Crippen LogP contribution in [0.25, 0.3) is 24.6 Å². The van der Waals surface area contributed by atoms with Crippen LogP contribution in [0, 0.1) is 10.1 Å². The Labute approximate surface area is 66.1 Å². The third kappa shape index (κ3) is 2830. The van der Waals surface area contributed by atoms with Crippen LogP contribution in [0.3, 0.4) is 0 Å². The van der Waals surface area contributed by atoms with Crippen molar-refractivity contribution in [3.63, 3.8) is 0 Å². The smallest absolute Gasteiger partial charge is 0.291 e. The predicted octanol–water partition coefficient (Wildman–Crippen LogP) is 2.52. The zero-order valence-electron chi connectivity index (χ0n) is 4.34. The summed E-state index contributed by atoms with van der Waals surface area (Å²) in [5.74, 6) is 0. The molecule has 8 nitrogen and oxygen atoms in total. The van der Waals surface area contributed by atoms with Gasteiger partial charge in [0.25, 0.3) is 5.09 Å². The number of nitrogens with two attached hydrogens (primary N) is 4. The first kappa shape index (κ1) is 70.7. The minimum Gasteiger partial charge on any atom is -0.693 e. The Kier molecular flexibility index (Phi) is 372. The van der Waals surface area contributed by atoms with E-state index < -0.39 is 5.09 Å². The summed E-state index contributed by atoms with van der Waals surface area (Å²) in [5.41, 5.74) is 0. The molecular formula is H9N5O3Pd-4. The van der Waals surface area contributed by atoms with Gasteiger partial charge in [0.2, 0.25) is 0 Å². The zero-order chi connectivity index (χ0) is 3.58. The fourth-order valence-corrected chi connectivity index (χ4v) is 0. The van der Waals surface area contributed by atoms with Crippen LogP contribution in [-0.2, 0) is 20.4 Å². The Balaban J connectivity index is -0.00000000450. The van der Waals surface area contributed by atoms with Crippen molar-refractivity contribution in [2.45, 2.75) is 0 Å². The molecule has 0 saturated heterocycles. The van der Waals surface area contributed by atoms with Gasteiger partial charge in [-0.15, -0.1) is 10.1 Å². The quantitative estimate of drug-likeness (QED) is 0.381. The normalized spacial score (nSPS) is 2.67. The molecule has 0 aromatic rings. The van der Waals surface area contributed by atoms with Crippen molar-refractivity contribution in [1.82, 2.24) is 0 Å². The topological polar surface area (TPSA) is 197 Å². The van der Waals surface area contributed by atoms with E-state index in [9.17, 15) is 0 Å². The third-order valence-corrected chi connectivity index (χ3v) is 0. The molecule has 9 heavy (non-hydrogen) atoms. The summed E-state index contributed by atoms with van der Waals surface area (Å²) in [6.07, 6.45) is 0. The van der Waals surface area contributed by atoms with E-state index >= 15 is 0 Å². The fraction of sp³-hybridized carbons (Fsp3) is 0. The molecule has 0 radical (unpaired) electrons. The van der Waals surface area contributed by atoms with Gasteiger partial charge in [0, 0.05) is 20.4 Å². The SMILES string of the molecule is O=[N+]([O-])O.[NH2-].[NH2-].[NH2-].[NH2-].[Pd]. The summed E-state index contributed by atoms with van der Waals surface area (Å²) in [6.45, 7) is 0. The van der Waals surface area contributed by atoms with Gasteiger partial charge < -0.3 is 29.8 Å². The fourth-order valence-electron chi connectivity index (χ4n) is 0. The second kappa shape index (κ2) is 47.4. The second-order valence-corrected chi connectivity index (χ2v) is 0.238. The van der Waals surface area contributed by atoms with Crippen LogP contribution in [0.2, 0.25) is 0 Å². The van der Waals surface area contributed by atoms with Crippen LogP contribution in [0.15, 0.2) is 0 Å². The third-order valence-electron chi connectivity index (χ3n) is 0. The molecule has 0 amide bonds. The van der Waals surface area contributed by atoms with E-state index in [1.807, 2.05) is 0 Å². The monoisotopic (exact) mass is 233 g/mol. The summed E-state index contributed by atoms with van der Waals surface area (Å²) in [5, 5.41) is 13.6. The maximum absolute atomic E-state index is 8.36. The zero-order valence-corrected chi connectivity index (χ0v) is 5.89. The van der Waals surface area contributed by atoms with E-state index in [2.05, 4.69) is 0 Å². The minimum atomic E-state index is -1.50. The Morgan fingerprint density at radius 2 is 1.11 bits per heavy atom. The van der Waals surface area contributed by atoms with Crippen molar-refractivity contribution < 1.29 is 30.7 Å². The molecule has 0 aliphatic rings. The van der Waals surface area contributed by atoms with Gasteiger partial charge in [-0.2, -0.15) is 0 Å². The first-order valence-corrected chi connectivity index (χ1v) is 0.565. The van der Waals surface area contributed by atoms with Gasteiger partial charge in [-0.05, 0) is 0 Å². The Morgan fingerprint density at radius 3 is 1.11 bits per heavy atom. The molecule has 0 rings (SSSR count). The van der Waals surface area contributed by atoms with E-state index in [0.717, 1.165) is 0 Å². The van der Waals surface area contributed by atoms with Gasteiger partial charge in [0.05, 0.1) is 0 Å². The summed E-state index contributed by atoms with van der Waals surface area (Å²) < 4.78 is 0. The first-order chi connectivity index (χ1) is 1.73. The van der Waals surface area contributed by atoms with Crippen LogP contribution in [-0.4, -0.2) is 10.3 Å².